The summed E-state index contributed by atoms with van der Waals surface area (Å²) >= 11 is 0. The van der Waals surface area contributed by atoms with Crippen molar-refractivity contribution in [2.24, 2.45) is 5.73 Å². The molecule has 0 aromatic heterocycles. The highest BCUT2D eigenvalue weighted by atomic mass is 16.2. The van der Waals surface area contributed by atoms with Crippen molar-refractivity contribution in [2.45, 2.75) is 13.8 Å². The van der Waals surface area contributed by atoms with Crippen LogP contribution in [0.2, 0.25) is 0 Å². The van der Waals surface area contributed by atoms with Gasteiger partial charge < -0.3 is 16.4 Å². The Morgan fingerprint density at radius 2 is 2.00 bits per heavy atom. The summed E-state index contributed by atoms with van der Waals surface area (Å²) in [7, 11) is 0. The Hall–Kier alpha value is -2.14. The molecule has 1 heterocycles. The molecule has 5 nitrogen and oxygen atoms in total. The van der Waals surface area contributed by atoms with E-state index >= 15 is 0 Å². The third-order valence-electron chi connectivity index (χ3n) is 3.31. The lowest BCUT2D eigenvalue weighted by molar-refractivity contribution is -0.112. The van der Waals surface area contributed by atoms with Gasteiger partial charge in [-0.05, 0) is 43.2 Å². The molecule has 0 spiro atoms. The summed E-state index contributed by atoms with van der Waals surface area (Å²) in [4.78, 5) is 23.1. The minimum absolute atomic E-state index is 0.105. The number of hydrogen-bond donors (Lipinski definition) is 3. The van der Waals surface area contributed by atoms with Crippen molar-refractivity contribution in [1.82, 2.24) is 5.32 Å². The van der Waals surface area contributed by atoms with Crippen LogP contribution < -0.4 is 16.4 Å². The lowest BCUT2D eigenvalue weighted by Gasteiger charge is -2.21. The van der Waals surface area contributed by atoms with Crippen LogP contribution in [0.1, 0.15) is 22.8 Å². The number of hydrogen-bond acceptors (Lipinski definition) is 3. The van der Waals surface area contributed by atoms with E-state index in [1.165, 1.54) is 0 Å². The van der Waals surface area contributed by atoms with E-state index in [0.717, 1.165) is 29.8 Å². The van der Waals surface area contributed by atoms with Gasteiger partial charge >= 0.3 is 0 Å². The lowest BCUT2D eigenvalue weighted by atomic mass is 10.0. The Morgan fingerprint density at radius 1 is 1.32 bits per heavy atom. The van der Waals surface area contributed by atoms with Gasteiger partial charge in [-0.15, -0.1) is 0 Å². The largest absolute Gasteiger partial charge is 0.366 e. The van der Waals surface area contributed by atoms with Gasteiger partial charge in [0.05, 0.1) is 0 Å². The van der Waals surface area contributed by atoms with E-state index in [1.807, 2.05) is 13.8 Å². The summed E-state index contributed by atoms with van der Waals surface area (Å²) in [6.45, 7) is 5.20. The van der Waals surface area contributed by atoms with E-state index in [2.05, 4.69) is 10.6 Å². The summed E-state index contributed by atoms with van der Waals surface area (Å²) in [5.74, 6) is -0.578. The number of nitrogens with one attached hydrogen (secondary N) is 2. The summed E-state index contributed by atoms with van der Waals surface area (Å²) < 4.78 is 0. The highest BCUT2D eigenvalue weighted by Gasteiger charge is 2.16. The second-order valence-corrected chi connectivity index (χ2v) is 4.68. The topological polar surface area (TPSA) is 84.2 Å². The van der Waals surface area contributed by atoms with E-state index in [1.54, 1.807) is 18.2 Å². The van der Waals surface area contributed by atoms with Gasteiger partial charge in [0.1, 0.15) is 0 Å². The van der Waals surface area contributed by atoms with Crippen molar-refractivity contribution in [3.05, 3.63) is 40.5 Å². The maximum Gasteiger partial charge on any atom is 0.251 e. The molecule has 1 aromatic carbocycles. The van der Waals surface area contributed by atoms with E-state index < -0.39 is 5.91 Å². The molecule has 0 unspecified atom stereocenters. The Balaban J connectivity index is 2.15. The molecule has 1 aliphatic heterocycles. The maximum absolute atomic E-state index is 12.0. The molecule has 100 valence electrons. The average molecular weight is 259 g/mol. The summed E-state index contributed by atoms with van der Waals surface area (Å²) in [6, 6.07) is 4.98. The first-order valence-electron chi connectivity index (χ1n) is 6.10. The number of carbonyl (C=O) groups is 2. The molecule has 0 atom stereocenters. The molecule has 4 N–H and O–H groups in total. The molecule has 0 bridgehead atoms. The average Bonchev–Trinajstić information content (AvgIpc) is 2.29. The van der Waals surface area contributed by atoms with Crippen LogP contribution in [0.3, 0.4) is 0 Å². The number of benzene rings is 1. The van der Waals surface area contributed by atoms with Crippen molar-refractivity contribution in [1.29, 1.82) is 0 Å². The minimum Gasteiger partial charge on any atom is -0.366 e. The molecule has 0 saturated carbocycles. The minimum atomic E-state index is -0.472. The van der Waals surface area contributed by atoms with Gasteiger partial charge in [0, 0.05) is 29.9 Å². The van der Waals surface area contributed by atoms with Crippen LogP contribution >= 0.6 is 0 Å². The first kappa shape index (κ1) is 13.3. The fraction of sp³-hybridized carbons (Fsp3) is 0.286. The first-order chi connectivity index (χ1) is 8.99. The predicted molar refractivity (Wildman–Crippen MR) is 73.9 cm³/mol. The van der Waals surface area contributed by atoms with Crippen LogP contribution in [0, 0.1) is 6.92 Å². The van der Waals surface area contributed by atoms with Crippen molar-refractivity contribution in [3.8, 4) is 0 Å². The van der Waals surface area contributed by atoms with Crippen LogP contribution in [0.4, 0.5) is 5.69 Å². The Bertz CT molecular complexity index is 570. The summed E-state index contributed by atoms with van der Waals surface area (Å²) in [5.41, 5.74) is 9.03. The number of aryl methyl sites for hydroxylation is 1. The van der Waals surface area contributed by atoms with Gasteiger partial charge in [-0.1, -0.05) is 0 Å². The third-order valence-corrected chi connectivity index (χ3v) is 3.31. The number of amides is 2. The number of primary amides is 1. The molecular weight excluding hydrogens is 242 g/mol. The second-order valence-electron chi connectivity index (χ2n) is 4.68. The molecule has 2 amide bonds. The van der Waals surface area contributed by atoms with Gasteiger partial charge in [-0.3, -0.25) is 9.59 Å². The van der Waals surface area contributed by atoms with Gasteiger partial charge in [0.25, 0.3) is 5.91 Å². The van der Waals surface area contributed by atoms with Crippen molar-refractivity contribution >= 4 is 17.5 Å². The summed E-state index contributed by atoms with van der Waals surface area (Å²) in [5, 5.41) is 5.95. The lowest BCUT2D eigenvalue weighted by Crippen LogP contribution is -2.36. The van der Waals surface area contributed by atoms with Crippen LogP contribution in [-0.4, -0.2) is 24.9 Å². The predicted octanol–water partition coefficient (Wildman–Crippen LogP) is 0.952. The molecule has 0 aliphatic carbocycles. The van der Waals surface area contributed by atoms with E-state index in [0.29, 0.717) is 11.3 Å². The highest BCUT2D eigenvalue weighted by Crippen LogP contribution is 2.18. The molecule has 1 saturated heterocycles. The zero-order chi connectivity index (χ0) is 14.0. The second kappa shape index (κ2) is 5.24. The normalized spacial score (nSPS) is 13.7. The van der Waals surface area contributed by atoms with Gasteiger partial charge in [-0.25, -0.2) is 0 Å². The smallest absolute Gasteiger partial charge is 0.251 e. The number of rotatable bonds is 3. The fourth-order valence-corrected chi connectivity index (χ4v) is 1.85. The zero-order valence-electron chi connectivity index (χ0n) is 11.0. The van der Waals surface area contributed by atoms with Crippen LogP contribution in [-0.2, 0) is 4.79 Å². The molecule has 5 heteroatoms. The Labute approximate surface area is 111 Å². The molecule has 0 radical (unpaired) electrons. The first-order valence-corrected chi connectivity index (χ1v) is 6.10. The van der Waals surface area contributed by atoms with E-state index in [4.69, 9.17) is 5.73 Å². The zero-order valence-corrected chi connectivity index (χ0v) is 11.0. The van der Waals surface area contributed by atoms with Crippen LogP contribution in [0.25, 0.3) is 0 Å². The van der Waals surface area contributed by atoms with Gasteiger partial charge in [0.15, 0.2) is 0 Å². The van der Waals surface area contributed by atoms with Crippen LogP contribution in [0.5, 0.6) is 0 Å². The van der Waals surface area contributed by atoms with Crippen molar-refractivity contribution in [2.75, 3.05) is 18.4 Å². The Morgan fingerprint density at radius 3 is 2.47 bits per heavy atom. The molecule has 1 fully saturated rings. The van der Waals surface area contributed by atoms with Gasteiger partial charge in [-0.2, -0.15) is 0 Å². The molecular formula is C14H17N3O2. The third kappa shape index (κ3) is 2.82. The molecule has 1 aliphatic rings. The van der Waals surface area contributed by atoms with Gasteiger partial charge in [0.2, 0.25) is 5.91 Å². The number of carbonyl (C=O) groups excluding carboxylic acids is 2. The maximum atomic E-state index is 12.0. The standard InChI is InChI=1S/C14H17N3O2/c1-8-5-10(13(15)18)3-4-12(8)17-14(19)9(2)11-6-16-7-11/h3-5,16H,6-7H2,1-2H3,(H2,15,18)(H,17,19). The SMILES string of the molecule is CC(C(=O)Nc1ccc(C(N)=O)cc1C)=C1CNC1. The number of nitrogens with two attached hydrogens (primary N) is 1. The molecule has 1 aromatic rings. The quantitative estimate of drug-likeness (QED) is 0.707. The van der Waals surface area contributed by atoms with Crippen molar-refractivity contribution < 1.29 is 9.59 Å². The monoisotopic (exact) mass is 259 g/mol. The number of anilines is 1. The molecule has 2 rings (SSSR count). The van der Waals surface area contributed by atoms with E-state index in [9.17, 15) is 9.59 Å². The van der Waals surface area contributed by atoms with E-state index in [-0.39, 0.29) is 5.91 Å². The fourth-order valence-electron chi connectivity index (χ4n) is 1.85. The Kier molecular flexibility index (Phi) is 3.66. The molecule has 19 heavy (non-hydrogen) atoms. The van der Waals surface area contributed by atoms with Crippen molar-refractivity contribution in [3.63, 3.8) is 0 Å². The highest BCUT2D eigenvalue weighted by molar-refractivity contribution is 6.04. The van der Waals surface area contributed by atoms with Crippen LogP contribution in [0.15, 0.2) is 29.3 Å². The summed E-state index contributed by atoms with van der Waals surface area (Å²) in [6.07, 6.45) is 0.